The second kappa shape index (κ2) is 5.03. The van der Waals surface area contributed by atoms with Crippen LogP contribution in [-0.4, -0.2) is 5.11 Å². The molecule has 0 aliphatic carbocycles. The highest BCUT2D eigenvalue weighted by atomic mass is 16.3. The standard InChI is InChI=1S/C14H13NO/c16-14-8-4-7-13(11-14)15-10-9-12-5-2-1-3-6-12/h1-11,15-16H. The van der Waals surface area contributed by atoms with Crippen LogP contribution in [0.5, 0.6) is 5.75 Å². The second-order valence-corrected chi connectivity index (χ2v) is 3.44. The highest BCUT2D eigenvalue weighted by Crippen LogP contribution is 2.15. The van der Waals surface area contributed by atoms with E-state index in [9.17, 15) is 5.11 Å². The molecule has 0 saturated carbocycles. The third-order valence-electron chi connectivity index (χ3n) is 2.17. The molecule has 0 atom stereocenters. The van der Waals surface area contributed by atoms with Gasteiger partial charge in [-0.2, -0.15) is 0 Å². The maximum atomic E-state index is 9.27. The Bertz CT molecular complexity index is 477. The molecule has 2 aromatic carbocycles. The molecular formula is C14H13NO. The zero-order chi connectivity index (χ0) is 11.2. The molecule has 0 bridgehead atoms. The van der Waals surface area contributed by atoms with Gasteiger partial charge in [0.15, 0.2) is 0 Å². The lowest BCUT2D eigenvalue weighted by molar-refractivity contribution is 0.475. The molecule has 0 spiro atoms. The monoisotopic (exact) mass is 211 g/mol. The first-order valence-electron chi connectivity index (χ1n) is 5.12. The molecule has 2 rings (SSSR count). The minimum atomic E-state index is 0.262. The summed E-state index contributed by atoms with van der Waals surface area (Å²) in [6.45, 7) is 0. The van der Waals surface area contributed by atoms with E-state index in [4.69, 9.17) is 0 Å². The first kappa shape index (κ1) is 10.3. The lowest BCUT2D eigenvalue weighted by Crippen LogP contribution is -1.85. The third-order valence-corrected chi connectivity index (χ3v) is 2.17. The minimum Gasteiger partial charge on any atom is -0.508 e. The molecule has 80 valence electrons. The Hall–Kier alpha value is -2.22. The Kier molecular flexibility index (Phi) is 3.24. The van der Waals surface area contributed by atoms with Gasteiger partial charge in [0.25, 0.3) is 0 Å². The van der Waals surface area contributed by atoms with E-state index in [0.717, 1.165) is 11.3 Å². The molecule has 0 saturated heterocycles. The largest absolute Gasteiger partial charge is 0.508 e. The van der Waals surface area contributed by atoms with Crippen molar-refractivity contribution in [3.05, 3.63) is 66.4 Å². The molecule has 0 aromatic heterocycles. The van der Waals surface area contributed by atoms with Crippen LogP contribution in [0.3, 0.4) is 0 Å². The maximum absolute atomic E-state index is 9.27. The van der Waals surface area contributed by atoms with Crippen LogP contribution in [0.1, 0.15) is 5.56 Å². The number of benzene rings is 2. The van der Waals surface area contributed by atoms with Gasteiger partial charge in [0.05, 0.1) is 0 Å². The summed E-state index contributed by atoms with van der Waals surface area (Å²) < 4.78 is 0. The highest BCUT2D eigenvalue weighted by molar-refractivity contribution is 5.56. The van der Waals surface area contributed by atoms with Crippen molar-refractivity contribution in [2.45, 2.75) is 0 Å². The van der Waals surface area contributed by atoms with Gasteiger partial charge in [0.2, 0.25) is 0 Å². The van der Waals surface area contributed by atoms with Crippen LogP contribution in [0, 0.1) is 0 Å². The smallest absolute Gasteiger partial charge is 0.117 e. The van der Waals surface area contributed by atoms with Crippen molar-refractivity contribution in [2.75, 3.05) is 5.32 Å². The van der Waals surface area contributed by atoms with E-state index in [1.54, 1.807) is 18.2 Å². The van der Waals surface area contributed by atoms with Crippen molar-refractivity contribution in [3.63, 3.8) is 0 Å². The number of rotatable bonds is 3. The van der Waals surface area contributed by atoms with Gasteiger partial charge in [0.1, 0.15) is 5.75 Å². The molecule has 0 aliphatic heterocycles. The van der Waals surface area contributed by atoms with Crippen molar-refractivity contribution >= 4 is 11.8 Å². The summed E-state index contributed by atoms with van der Waals surface area (Å²) in [5, 5.41) is 12.4. The van der Waals surface area contributed by atoms with Gasteiger partial charge in [-0.1, -0.05) is 36.4 Å². The van der Waals surface area contributed by atoms with Crippen molar-refractivity contribution in [2.24, 2.45) is 0 Å². The Labute approximate surface area is 94.9 Å². The van der Waals surface area contributed by atoms with Crippen molar-refractivity contribution < 1.29 is 5.11 Å². The Balaban J connectivity index is 2.00. The van der Waals surface area contributed by atoms with Crippen LogP contribution in [0.25, 0.3) is 6.08 Å². The van der Waals surface area contributed by atoms with E-state index in [-0.39, 0.29) is 5.75 Å². The van der Waals surface area contributed by atoms with Gasteiger partial charge in [-0.15, -0.1) is 0 Å². The van der Waals surface area contributed by atoms with Gasteiger partial charge in [-0.25, -0.2) is 0 Å². The topological polar surface area (TPSA) is 32.3 Å². The van der Waals surface area contributed by atoms with E-state index in [0.29, 0.717) is 0 Å². The summed E-state index contributed by atoms with van der Waals surface area (Å²) in [6.07, 6.45) is 3.83. The third kappa shape index (κ3) is 2.89. The van der Waals surface area contributed by atoms with Crippen molar-refractivity contribution in [1.29, 1.82) is 0 Å². The lowest BCUT2D eigenvalue weighted by Gasteiger charge is -2.00. The van der Waals surface area contributed by atoms with E-state index >= 15 is 0 Å². The summed E-state index contributed by atoms with van der Waals surface area (Å²) in [5.74, 6) is 0.262. The quantitative estimate of drug-likeness (QED) is 0.814. The molecule has 2 heteroatoms. The molecule has 0 fully saturated rings. The summed E-state index contributed by atoms with van der Waals surface area (Å²) in [4.78, 5) is 0. The van der Waals surface area contributed by atoms with Crippen LogP contribution in [0.4, 0.5) is 5.69 Å². The number of hydrogen-bond acceptors (Lipinski definition) is 2. The van der Waals surface area contributed by atoms with E-state index in [2.05, 4.69) is 5.32 Å². The Morgan fingerprint density at radius 1 is 0.938 bits per heavy atom. The summed E-state index contributed by atoms with van der Waals surface area (Å²) in [6, 6.07) is 17.0. The van der Waals surface area contributed by atoms with Gasteiger partial charge in [-0.3, -0.25) is 0 Å². The van der Waals surface area contributed by atoms with Crippen LogP contribution in [0.15, 0.2) is 60.8 Å². The molecule has 2 N–H and O–H groups in total. The van der Waals surface area contributed by atoms with Gasteiger partial charge in [0, 0.05) is 18.0 Å². The summed E-state index contributed by atoms with van der Waals surface area (Å²) in [5.41, 5.74) is 2.00. The summed E-state index contributed by atoms with van der Waals surface area (Å²) >= 11 is 0. The molecule has 2 nitrogen and oxygen atoms in total. The van der Waals surface area contributed by atoms with Crippen molar-refractivity contribution in [1.82, 2.24) is 0 Å². The number of hydrogen-bond donors (Lipinski definition) is 2. The van der Waals surface area contributed by atoms with Crippen LogP contribution in [0.2, 0.25) is 0 Å². The zero-order valence-corrected chi connectivity index (χ0v) is 8.80. The van der Waals surface area contributed by atoms with E-state index < -0.39 is 0 Å². The molecule has 0 unspecified atom stereocenters. The van der Waals surface area contributed by atoms with Crippen LogP contribution < -0.4 is 5.32 Å². The maximum Gasteiger partial charge on any atom is 0.117 e. The summed E-state index contributed by atoms with van der Waals surface area (Å²) in [7, 11) is 0. The number of phenols is 1. The lowest BCUT2D eigenvalue weighted by atomic mass is 10.2. The molecule has 0 heterocycles. The fourth-order valence-electron chi connectivity index (χ4n) is 1.39. The van der Waals surface area contributed by atoms with Crippen LogP contribution >= 0.6 is 0 Å². The van der Waals surface area contributed by atoms with E-state index in [1.165, 1.54) is 0 Å². The fraction of sp³-hybridized carbons (Fsp3) is 0. The van der Waals surface area contributed by atoms with Gasteiger partial charge in [-0.05, 0) is 23.8 Å². The fourth-order valence-corrected chi connectivity index (χ4v) is 1.39. The molecule has 2 aromatic rings. The Morgan fingerprint density at radius 3 is 2.50 bits per heavy atom. The first-order chi connectivity index (χ1) is 7.84. The number of phenolic OH excluding ortho intramolecular Hbond substituents is 1. The average molecular weight is 211 g/mol. The predicted octanol–water partition coefficient (Wildman–Crippen LogP) is 3.48. The number of aromatic hydroxyl groups is 1. The molecule has 0 aliphatic rings. The molecule has 0 amide bonds. The van der Waals surface area contributed by atoms with Gasteiger partial charge < -0.3 is 10.4 Å². The van der Waals surface area contributed by atoms with Crippen LogP contribution in [-0.2, 0) is 0 Å². The number of anilines is 1. The SMILES string of the molecule is Oc1cccc(NC=Cc2ccccc2)c1. The molecular weight excluding hydrogens is 198 g/mol. The van der Waals surface area contributed by atoms with Gasteiger partial charge >= 0.3 is 0 Å². The van der Waals surface area contributed by atoms with E-state index in [1.807, 2.05) is 48.7 Å². The minimum absolute atomic E-state index is 0.262. The molecule has 16 heavy (non-hydrogen) atoms. The van der Waals surface area contributed by atoms with Crippen molar-refractivity contribution in [3.8, 4) is 5.75 Å². The highest BCUT2D eigenvalue weighted by Gasteiger charge is 1.89. The molecule has 0 radical (unpaired) electrons. The normalized spacial score (nSPS) is 10.5. The Morgan fingerprint density at radius 2 is 1.75 bits per heavy atom. The number of nitrogens with one attached hydrogen (secondary N) is 1. The first-order valence-corrected chi connectivity index (χ1v) is 5.12. The predicted molar refractivity (Wildman–Crippen MR) is 67.2 cm³/mol. The zero-order valence-electron chi connectivity index (χ0n) is 8.80. The average Bonchev–Trinajstić information content (AvgIpc) is 2.30. The second-order valence-electron chi connectivity index (χ2n) is 3.44.